The van der Waals surface area contributed by atoms with Crippen LogP contribution in [0.1, 0.15) is 11.1 Å². The van der Waals surface area contributed by atoms with E-state index in [1.807, 2.05) is 6.07 Å². The molecular weight excluding hydrogens is 271 g/mol. The molecule has 0 saturated carbocycles. The molecule has 0 heterocycles. The lowest BCUT2D eigenvalue weighted by atomic mass is 10.1. The minimum atomic E-state index is -0.378. The van der Waals surface area contributed by atoms with Crippen molar-refractivity contribution in [3.05, 3.63) is 59.4 Å². The Morgan fingerprint density at radius 3 is 2.81 bits per heavy atom. The molecule has 0 unspecified atom stereocenters. The fourth-order valence-electron chi connectivity index (χ4n) is 1.89. The molecule has 0 saturated heterocycles. The summed E-state index contributed by atoms with van der Waals surface area (Å²) in [6.07, 6.45) is 0.0565. The first-order valence-electron chi connectivity index (χ1n) is 6.25. The van der Waals surface area contributed by atoms with Gasteiger partial charge in [-0.2, -0.15) is 5.26 Å². The average molecular weight is 284 g/mol. The van der Waals surface area contributed by atoms with Crippen LogP contribution >= 0.6 is 0 Å². The second kappa shape index (κ2) is 6.53. The van der Waals surface area contributed by atoms with E-state index in [9.17, 15) is 9.18 Å². The van der Waals surface area contributed by atoms with Crippen LogP contribution in [0.15, 0.2) is 42.5 Å². The minimum absolute atomic E-state index is 0.0565. The number of methoxy groups -OCH3 is 1. The summed E-state index contributed by atoms with van der Waals surface area (Å²) in [5.41, 5.74) is 1.49. The van der Waals surface area contributed by atoms with E-state index in [0.717, 1.165) is 0 Å². The summed E-state index contributed by atoms with van der Waals surface area (Å²) in [5.74, 6) is -0.262. The molecule has 0 fully saturated rings. The zero-order valence-electron chi connectivity index (χ0n) is 11.4. The molecule has 0 spiro atoms. The maximum atomic E-state index is 13.1. The molecular formula is C16H13FN2O2. The number of nitrogens with one attached hydrogen (secondary N) is 1. The van der Waals surface area contributed by atoms with Crippen molar-refractivity contribution in [1.82, 2.24) is 0 Å². The molecule has 0 atom stereocenters. The smallest absolute Gasteiger partial charge is 0.228 e. The number of carbonyl (C=O) groups is 1. The van der Waals surface area contributed by atoms with E-state index in [0.29, 0.717) is 22.6 Å². The molecule has 5 heteroatoms. The summed E-state index contributed by atoms with van der Waals surface area (Å²) in [4.78, 5) is 12.0. The van der Waals surface area contributed by atoms with Gasteiger partial charge in [0.1, 0.15) is 11.6 Å². The van der Waals surface area contributed by atoms with Crippen LogP contribution < -0.4 is 10.1 Å². The Hall–Kier alpha value is -2.87. The summed E-state index contributed by atoms with van der Waals surface area (Å²) in [7, 11) is 1.46. The van der Waals surface area contributed by atoms with Crippen LogP contribution in [-0.2, 0) is 11.2 Å². The fraction of sp³-hybridized carbons (Fsp3) is 0.125. The summed E-state index contributed by atoms with van der Waals surface area (Å²) in [6.45, 7) is 0. The van der Waals surface area contributed by atoms with E-state index in [1.165, 1.54) is 25.3 Å². The molecule has 0 aromatic heterocycles. The highest BCUT2D eigenvalue weighted by Gasteiger charge is 2.09. The van der Waals surface area contributed by atoms with Gasteiger partial charge in [-0.3, -0.25) is 4.79 Å². The number of anilines is 1. The second-order valence-corrected chi connectivity index (χ2v) is 4.38. The zero-order valence-corrected chi connectivity index (χ0v) is 11.4. The first kappa shape index (κ1) is 14.5. The van der Waals surface area contributed by atoms with Crippen molar-refractivity contribution < 1.29 is 13.9 Å². The SMILES string of the molecule is COc1cc(C#N)ccc1NC(=O)Cc1cccc(F)c1. The molecule has 2 rings (SSSR count). The normalized spacial score (nSPS) is 9.76. The Bertz CT molecular complexity index is 708. The Kier molecular flexibility index (Phi) is 4.52. The third kappa shape index (κ3) is 3.80. The lowest BCUT2D eigenvalue weighted by Crippen LogP contribution is -2.15. The van der Waals surface area contributed by atoms with Crippen LogP contribution in [0.2, 0.25) is 0 Å². The van der Waals surface area contributed by atoms with Crippen LogP contribution in [0.4, 0.5) is 10.1 Å². The predicted molar refractivity (Wildman–Crippen MR) is 76.4 cm³/mol. The molecule has 2 aromatic rings. The molecule has 106 valence electrons. The van der Waals surface area contributed by atoms with Crippen molar-refractivity contribution in [2.75, 3.05) is 12.4 Å². The van der Waals surface area contributed by atoms with Gasteiger partial charge in [-0.25, -0.2) is 4.39 Å². The molecule has 0 aliphatic heterocycles. The number of nitrogens with zero attached hydrogens (tertiary/aromatic N) is 1. The Morgan fingerprint density at radius 2 is 2.14 bits per heavy atom. The number of carbonyl (C=O) groups excluding carboxylic acids is 1. The molecule has 0 radical (unpaired) electrons. The number of benzene rings is 2. The zero-order chi connectivity index (χ0) is 15.2. The standard InChI is InChI=1S/C16H13FN2O2/c1-21-15-8-12(10-18)5-6-14(15)19-16(20)9-11-3-2-4-13(17)7-11/h2-8H,9H2,1H3,(H,19,20). The summed E-state index contributed by atoms with van der Waals surface area (Å²) < 4.78 is 18.2. The van der Waals surface area contributed by atoms with Crippen molar-refractivity contribution in [3.8, 4) is 11.8 Å². The lowest BCUT2D eigenvalue weighted by Gasteiger charge is -2.10. The van der Waals surface area contributed by atoms with Gasteiger partial charge in [0, 0.05) is 6.07 Å². The first-order chi connectivity index (χ1) is 10.1. The molecule has 0 bridgehead atoms. The quantitative estimate of drug-likeness (QED) is 0.939. The lowest BCUT2D eigenvalue weighted by molar-refractivity contribution is -0.115. The Balaban J connectivity index is 2.11. The predicted octanol–water partition coefficient (Wildman–Crippen LogP) is 2.89. The number of rotatable bonds is 4. The molecule has 1 N–H and O–H groups in total. The molecule has 0 aliphatic rings. The number of ether oxygens (including phenoxy) is 1. The van der Waals surface area contributed by atoms with Gasteiger partial charge >= 0.3 is 0 Å². The van der Waals surface area contributed by atoms with Crippen molar-refractivity contribution in [1.29, 1.82) is 5.26 Å². The van der Waals surface area contributed by atoms with Crippen LogP contribution in [0.3, 0.4) is 0 Å². The van der Waals surface area contributed by atoms with E-state index in [-0.39, 0.29) is 18.1 Å². The van der Waals surface area contributed by atoms with Crippen LogP contribution in [0.25, 0.3) is 0 Å². The summed E-state index contributed by atoms with van der Waals surface area (Å²) in [5, 5.41) is 11.5. The van der Waals surface area contributed by atoms with Gasteiger partial charge in [0.05, 0.1) is 30.9 Å². The third-order valence-electron chi connectivity index (χ3n) is 2.86. The Morgan fingerprint density at radius 1 is 1.33 bits per heavy atom. The van der Waals surface area contributed by atoms with Crippen molar-refractivity contribution in [2.45, 2.75) is 6.42 Å². The summed E-state index contributed by atoms with van der Waals surface area (Å²) in [6, 6.07) is 12.6. The number of nitriles is 1. The molecule has 21 heavy (non-hydrogen) atoms. The Labute approximate surface area is 121 Å². The van der Waals surface area contributed by atoms with Crippen LogP contribution in [-0.4, -0.2) is 13.0 Å². The van der Waals surface area contributed by atoms with Gasteiger partial charge < -0.3 is 10.1 Å². The van der Waals surface area contributed by atoms with E-state index in [2.05, 4.69) is 5.32 Å². The maximum absolute atomic E-state index is 13.1. The summed E-state index contributed by atoms with van der Waals surface area (Å²) >= 11 is 0. The van der Waals surface area contributed by atoms with Crippen LogP contribution in [0.5, 0.6) is 5.75 Å². The fourth-order valence-corrected chi connectivity index (χ4v) is 1.89. The molecule has 2 aromatic carbocycles. The average Bonchev–Trinajstić information content (AvgIpc) is 2.47. The first-order valence-corrected chi connectivity index (χ1v) is 6.25. The molecule has 0 aliphatic carbocycles. The van der Waals surface area contributed by atoms with Crippen molar-refractivity contribution in [2.24, 2.45) is 0 Å². The monoisotopic (exact) mass is 284 g/mol. The number of halogens is 1. The van der Waals surface area contributed by atoms with Gasteiger partial charge in [-0.1, -0.05) is 12.1 Å². The van der Waals surface area contributed by atoms with Gasteiger partial charge in [-0.05, 0) is 29.8 Å². The third-order valence-corrected chi connectivity index (χ3v) is 2.86. The highest BCUT2D eigenvalue weighted by molar-refractivity contribution is 5.93. The minimum Gasteiger partial charge on any atom is -0.495 e. The van der Waals surface area contributed by atoms with E-state index in [4.69, 9.17) is 10.00 Å². The van der Waals surface area contributed by atoms with Crippen LogP contribution in [0, 0.1) is 17.1 Å². The van der Waals surface area contributed by atoms with Crippen molar-refractivity contribution in [3.63, 3.8) is 0 Å². The van der Waals surface area contributed by atoms with Crippen molar-refractivity contribution >= 4 is 11.6 Å². The van der Waals surface area contributed by atoms with E-state index < -0.39 is 0 Å². The number of amides is 1. The van der Waals surface area contributed by atoms with E-state index >= 15 is 0 Å². The molecule has 1 amide bonds. The van der Waals surface area contributed by atoms with Gasteiger partial charge in [0.25, 0.3) is 0 Å². The number of hydrogen-bond donors (Lipinski definition) is 1. The van der Waals surface area contributed by atoms with E-state index in [1.54, 1.807) is 24.3 Å². The highest BCUT2D eigenvalue weighted by Crippen LogP contribution is 2.25. The number of hydrogen-bond acceptors (Lipinski definition) is 3. The van der Waals surface area contributed by atoms with Gasteiger partial charge in [0.2, 0.25) is 5.91 Å². The maximum Gasteiger partial charge on any atom is 0.228 e. The topological polar surface area (TPSA) is 62.1 Å². The highest BCUT2D eigenvalue weighted by atomic mass is 19.1. The second-order valence-electron chi connectivity index (χ2n) is 4.38. The largest absolute Gasteiger partial charge is 0.495 e. The van der Waals surface area contributed by atoms with Gasteiger partial charge in [0.15, 0.2) is 0 Å². The molecule has 4 nitrogen and oxygen atoms in total. The van der Waals surface area contributed by atoms with Gasteiger partial charge in [-0.15, -0.1) is 0 Å².